The smallest absolute Gasteiger partial charge is 0.493 e. The summed E-state index contributed by atoms with van der Waals surface area (Å²) in [6.07, 6.45) is -2.39. The standard InChI is InChI=1S/C13H14BrF3N2O2/c14-9-5-8(1-2-10(9)21-13(15,16)17)20-7-12(3-4-12)6-11(18)19/h1-2,5H,3-4,6-7H2,(H3,18,19). The lowest BCUT2D eigenvalue weighted by Gasteiger charge is -2.16. The molecule has 21 heavy (non-hydrogen) atoms. The van der Waals surface area contributed by atoms with Crippen molar-refractivity contribution in [1.29, 1.82) is 5.41 Å². The van der Waals surface area contributed by atoms with Crippen LogP contribution in [0.5, 0.6) is 11.5 Å². The molecule has 3 N–H and O–H groups in total. The van der Waals surface area contributed by atoms with Crippen LogP contribution in [0, 0.1) is 10.8 Å². The Morgan fingerprint density at radius 1 is 1.38 bits per heavy atom. The Labute approximate surface area is 128 Å². The Bertz CT molecular complexity index is 545. The van der Waals surface area contributed by atoms with Gasteiger partial charge in [0.15, 0.2) is 0 Å². The summed E-state index contributed by atoms with van der Waals surface area (Å²) in [4.78, 5) is 0. The van der Waals surface area contributed by atoms with Gasteiger partial charge in [0.2, 0.25) is 0 Å². The second-order valence-corrected chi connectivity index (χ2v) is 5.99. The highest BCUT2D eigenvalue weighted by Crippen LogP contribution is 2.49. The first-order valence-corrected chi connectivity index (χ1v) is 6.99. The van der Waals surface area contributed by atoms with Crippen LogP contribution < -0.4 is 15.2 Å². The van der Waals surface area contributed by atoms with Crippen molar-refractivity contribution < 1.29 is 22.6 Å². The van der Waals surface area contributed by atoms with E-state index >= 15 is 0 Å². The van der Waals surface area contributed by atoms with Crippen molar-refractivity contribution in [1.82, 2.24) is 0 Å². The normalized spacial score (nSPS) is 16.4. The molecule has 0 amide bonds. The SMILES string of the molecule is N=C(N)CC1(COc2ccc(OC(F)(F)F)c(Br)c2)CC1. The fourth-order valence-corrected chi connectivity index (χ4v) is 2.41. The third-order valence-corrected chi connectivity index (χ3v) is 3.82. The predicted octanol–water partition coefficient (Wildman–Crippen LogP) is 3.83. The topological polar surface area (TPSA) is 68.3 Å². The Morgan fingerprint density at radius 2 is 2.05 bits per heavy atom. The maximum Gasteiger partial charge on any atom is 0.573 e. The number of hydrogen-bond donors (Lipinski definition) is 2. The molecule has 1 aliphatic rings. The lowest BCUT2D eigenvalue weighted by molar-refractivity contribution is -0.274. The van der Waals surface area contributed by atoms with Crippen LogP contribution in [-0.2, 0) is 0 Å². The van der Waals surface area contributed by atoms with Crippen LogP contribution in [0.2, 0.25) is 0 Å². The van der Waals surface area contributed by atoms with E-state index in [4.69, 9.17) is 15.9 Å². The number of benzene rings is 1. The van der Waals surface area contributed by atoms with Crippen molar-refractivity contribution in [2.75, 3.05) is 6.61 Å². The van der Waals surface area contributed by atoms with Gasteiger partial charge in [-0.3, -0.25) is 5.41 Å². The van der Waals surface area contributed by atoms with E-state index in [1.165, 1.54) is 18.2 Å². The first-order chi connectivity index (χ1) is 9.69. The van der Waals surface area contributed by atoms with Crippen molar-refractivity contribution in [2.45, 2.75) is 25.6 Å². The minimum atomic E-state index is -4.73. The molecule has 0 unspecified atom stereocenters. The van der Waals surface area contributed by atoms with Crippen molar-refractivity contribution in [2.24, 2.45) is 11.1 Å². The van der Waals surface area contributed by atoms with Crippen LogP contribution in [0.25, 0.3) is 0 Å². The van der Waals surface area contributed by atoms with Crippen molar-refractivity contribution in [3.8, 4) is 11.5 Å². The average molecular weight is 367 g/mol. The van der Waals surface area contributed by atoms with Crippen LogP contribution in [-0.4, -0.2) is 18.8 Å². The molecule has 1 fully saturated rings. The zero-order valence-corrected chi connectivity index (χ0v) is 12.6. The quantitative estimate of drug-likeness (QED) is 0.593. The molecule has 0 aromatic heterocycles. The lowest BCUT2D eigenvalue weighted by Crippen LogP contribution is -2.21. The first-order valence-electron chi connectivity index (χ1n) is 6.20. The summed E-state index contributed by atoms with van der Waals surface area (Å²) in [5.74, 6) is 0.233. The van der Waals surface area contributed by atoms with E-state index in [9.17, 15) is 13.2 Å². The number of amidine groups is 1. The van der Waals surface area contributed by atoms with Crippen LogP contribution in [0.15, 0.2) is 22.7 Å². The summed E-state index contributed by atoms with van der Waals surface area (Å²) in [7, 11) is 0. The van der Waals surface area contributed by atoms with Gasteiger partial charge >= 0.3 is 6.36 Å². The van der Waals surface area contributed by atoms with Crippen LogP contribution in [0.3, 0.4) is 0 Å². The number of rotatable bonds is 6. The van der Waals surface area contributed by atoms with E-state index in [1.807, 2.05) is 0 Å². The van der Waals surface area contributed by atoms with Gasteiger partial charge < -0.3 is 15.2 Å². The molecule has 1 saturated carbocycles. The third kappa shape index (κ3) is 4.80. The summed E-state index contributed by atoms with van der Waals surface area (Å²) >= 11 is 3.02. The summed E-state index contributed by atoms with van der Waals surface area (Å²) < 4.78 is 46.0. The second-order valence-electron chi connectivity index (χ2n) is 5.13. The van der Waals surface area contributed by atoms with Gasteiger partial charge in [0, 0.05) is 11.8 Å². The second kappa shape index (κ2) is 5.75. The summed E-state index contributed by atoms with van der Waals surface area (Å²) in [5.41, 5.74) is 5.29. The van der Waals surface area contributed by atoms with Crippen molar-refractivity contribution >= 4 is 21.8 Å². The molecule has 0 bridgehead atoms. The van der Waals surface area contributed by atoms with E-state index in [1.54, 1.807) is 0 Å². The van der Waals surface area contributed by atoms with Gasteiger partial charge in [-0.15, -0.1) is 13.2 Å². The molecule has 0 spiro atoms. The molecule has 0 heterocycles. The number of hydrogen-bond acceptors (Lipinski definition) is 3. The average Bonchev–Trinajstić information content (AvgIpc) is 3.07. The Balaban J connectivity index is 1.96. The van der Waals surface area contributed by atoms with Gasteiger partial charge in [-0.05, 0) is 47.0 Å². The van der Waals surface area contributed by atoms with E-state index < -0.39 is 6.36 Å². The molecule has 116 valence electrons. The Hall–Kier alpha value is -1.44. The molecule has 4 nitrogen and oxygen atoms in total. The highest BCUT2D eigenvalue weighted by atomic mass is 79.9. The molecular formula is C13H14BrF3N2O2. The fraction of sp³-hybridized carbons (Fsp3) is 0.462. The van der Waals surface area contributed by atoms with E-state index in [0.29, 0.717) is 18.8 Å². The van der Waals surface area contributed by atoms with Crippen molar-refractivity contribution in [3.63, 3.8) is 0 Å². The number of alkyl halides is 3. The lowest BCUT2D eigenvalue weighted by atomic mass is 10.0. The minimum Gasteiger partial charge on any atom is -0.493 e. The fourth-order valence-electron chi connectivity index (χ4n) is 1.97. The monoisotopic (exact) mass is 366 g/mol. The molecule has 0 saturated heterocycles. The molecule has 0 atom stereocenters. The largest absolute Gasteiger partial charge is 0.573 e. The van der Waals surface area contributed by atoms with Crippen LogP contribution >= 0.6 is 15.9 Å². The molecule has 0 aliphatic heterocycles. The Kier molecular flexibility index (Phi) is 4.36. The van der Waals surface area contributed by atoms with E-state index in [-0.39, 0.29) is 21.5 Å². The zero-order chi connectivity index (χ0) is 15.7. The molecule has 1 aromatic carbocycles. The number of nitrogens with two attached hydrogens (primary N) is 1. The molecule has 0 radical (unpaired) electrons. The maximum atomic E-state index is 12.1. The van der Waals surface area contributed by atoms with Gasteiger partial charge in [-0.1, -0.05) is 0 Å². The van der Waals surface area contributed by atoms with Gasteiger partial charge in [0.05, 0.1) is 16.9 Å². The molecule has 8 heteroatoms. The summed E-state index contributed by atoms with van der Waals surface area (Å²) in [5, 5.41) is 7.31. The third-order valence-electron chi connectivity index (χ3n) is 3.20. The molecule has 1 aromatic rings. The van der Waals surface area contributed by atoms with Gasteiger partial charge in [-0.25, -0.2) is 0 Å². The summed E-state index contributed by atoms with van der Waals surface area (Å²) in [6.45, 7) is 0.387. The molecule has 2 rings (SSSR count). The Morgan fingerprint density at radius 3 is 2.52 bits per heavy atom. The predicted molar refractivity (Wildman–Crippen MR) is 74.5 cm³/mol. The minimum absolute atomic E-state index is 0.0978. The zero-order valence-electron chi connectivity index (χ0n) is 11.0. The maximum absolute atomic E-state index is 12.1. The summed E-state index contributed by atoms with van der Waals surface area (Å²) in [6, 6.07) is 4.03. The number of ether oxygens (including phenoxy) is 2. The van der Waals surface area contributed by atoms with Gasteiger partial charge in [0.25, 0.3) is 0 Å². The molecular weight excluding hydrogens is 353 g/mol. The highest BCUT2D eigenvalue weighted by Gasteiger charge is 2.44. The van der Waals surface area contributed by atoms with E-state index in [2.05, 4.69) is 20.7 Å². The van der Waals surface area contributed by atoms with Gasteiger partial charge in [-0.2, -0.15) is 0 Å². The highest BCUT2D eigenvalue weighted by molar-refractivity contribution is 9.10. The number of nitrogens with one attached hydrogen (secondary N) is 1. The van der Waals surface area contributed by atoms with E-state index in [0.717, 1.165) is 12.8 Å². The van der Waals surface area contributed by atoms with Gasteiger partial charge in [0.1, 0.15) is 11.5 Å². The first kappa shape index (κ1) is 15.9. The van der Waals surface area contributed by atoms with Crippen LogP contribution in [0.1, 0.15) is 19.3 Å². The number of halogens is 4. The van der Waals surface area contributed by atoms with Crippen molar-refractivity contribution in [3.05, 3.63) is 22.7 Å². The van der Waals surface area contributed by atoms with Crippen LogP contribution in [0.4, 0.5) is 13.2 Å². The molecule has 1 aliphatic carbocycles.